The first-order valence-corrected chi connectivity index (χ1v) is 9.12. The van der Waals surface area contributed by atoms with Crippen LogP contribution in [0.5, 0.6) is 0 Å². The van der Waals surface area contributed by atoms with Gasteiger partial charge in [0.2, 0.25) is 5.91 Å². The van der Waals surface area contributed by atoms with Gasteiger partial charge in [-0.1, -0.05) is 0 Å². The molecule has 1 unspecified atom stereocenters. The molecule has 122 valence electrons. The number of alkyl carbamates (subject to hydrolysis) is 1. The summed E-state index contributed by atoms with van der Waals surface area (Å²) in [7, 11) is 0. The van der Waals surface area contributed by atoms with Crippen molar-refractivity contribution in [3.05, 3.63) is 21.9 Å². The Hall–Kier alpha value is -1.21. The van der Waals surface area contributed by atoms with E-state index in [0.29, 0.717) is 18.8 Å². The third-order valence-corrected chi connectivity index (χ3v) is 5.56. The molecule has 1 aromatic heterocycles. The highest BCUT2D eigenvalue weighted by Crippen LogP contribution is 2.41. The van der Waals surface area contributed by atoms with Gasteiger partial charge in [0.05, 0.1) is 5.75 Å². The number of thiophene rings is 1. The lowest BCUT2D eigenvalue weighted by Crippen LogP contribution is -2.39. The molecular weight excluding hydrogens is 320 g/mol. The maximum Gasteiger partial charge on any atom is 0.407 e. The van der Waals surface area contributed by atoms with E-state index in [-0.39, 0.29) is 11.3 Å². The van der Waals surface area contributed by atoms with E-state index in [1.165, 1.54) is 10.4 Å². The van der Waals surface area contributed by atoms with Crippen molar-refractivity contribution in [3.8, 4) is 0 Å². The van der Waals surface area contributed by atoms with Gasteiger partial charge in [-0.25, -0.2) is 4.79 Å². The Bertz CT molecular complexity index is 551. The van der Waals surface area contributed by atoms with E-state index in [1.807, 2.05) is 31.1 Å². The van der Waals surface area contributed by atoms with Gasteiger partial charge < -0.3 is 15.0 Å². The summed E-state index contributed by atoms with van der Waals surface area (Å²) in [4.78, 5) is 26.7. The maximum atomic E-state index is 12.1. The molecule has 0 bridgehead atoms. The van der Waals surface area contributed by atoms with Crippen molar-refractivity contribution in [1.29, 1.82) is 0 Å². The lowest BCUT2D eigenvalue weighted by Gasteiger charge is -2.24. The lowest BCUT2D eigenvalue weighted by molar-refractivity contribution is -0.128. The second kappa shape index (κ2) is 6.91. The van der Waals surface area contributed by atoms with Gasteiger partial charge >= 0.3 is 6.09 Å². The second-order valence-electron chi connectivity index (χ2n) is 6.15. The number of ether oxygens (including phenoxy) is 1. The van der Waals surface area contributed by atoms with Crippen LogP contribution in [0.1, 0.15) is 36.6 Å². The summed E-state index contributed by atoms with van der Waals surface area (Å²) in [6, 6.07) is 2.07. The van der Waals surface area contributed by atoms with Crippen LogP contribution >= 0.6 is 23.1 Å². The number of hydrogen-bond donors (Lipinski definition) is 1. The Morgan fingerprint density at radius 3 is 2.82 bits per heavy atom. The Labute approximate surface area is 139 Å². The molecule has 1 aromatic rings. The number of nitrogens with zero attached hydrogens (tertiary/aromatic N) is 1. The van der Waals surface area contributed by atoms with Crippen molar-refractivity contribution >= 4 is 35.1 Å². The van der Waals surface area contributed by atoms with Crippen molar-refractivity contribution in [3.63, 3.8) is 0 Å². The molecule has 1 atom stereocenters. The average Bonchev–Trinajstić information content (AvgIpc) is 2.94. The zero-order chi connectivity index (χ0) is 16.3. The summed E-state index contributed by atoms with van der Waals surface area (Å²) in [6.45, 7) is 8.41. The average molecular weight is 342 g/mol. The van der Waals surface area contributed by atoms with Crippen LogP contribution in [-0.4, -0.2) is 41.3 Å². The van der Waals surface area contributed by atoms with Crippen LogP contribution in [0.15, 0.2) is 11.4 Å². The number of carbonyl (C=O) groups is 2. The minimum Gasteiger partial charge on any atom is -0.444 e. The third kappa shape index (κ3) is 4.39. The molecule has 0 aliphatic carbocycles. The van der Waals surface area contributed by atoms with Gasteiger partial charge in [-0.15, -0.1) is 23.1 Å². The second-order valence-corrected chi connectivity index (χ2v) is 8.16. The van der Waals surface area contributed by atoms with Gasteiger partial charge in [0, 0.05) is 18.0 Å². The molecular formula is C15H22N2O3S2. The van der Waals surface area contributed by atoms with E-state index >= 15 is 0 Å². The number of rotatable bonds is 4. The number of thioether (sulfide) groups is 1. The highest BCUT2D eigenvalue weighted by atomic mass is 32.2. The summed E-state index contributed by atoms with van der Waals surface area (Å²) in [6.07, 6.45) is -0.448. The Balaban J connectivity index is 1.89. The van der Waals surface area contributed by atoms with Crippen molar-refractivity contribution in [2.45, 2.75) is 38.7 Å². The quantitative estimate of drug-likeness (QED) is 0.913. The molecule has 1 fully saturated rings. The molecule has 0 spiro atoms. The molecule has 7 heteroatoms. The molecule has 1 saturated heterocycles. The highest BCUT2D eigenvalue weighted by molar-refractivity contribution is 8.00. The monoisotopic (exact) mass is 342 g/mol. The molecule has 1 aliphatic rings. The molecule has 22 heavy (non-hydrogen) atoms. The Morgan fingerprint density at radius 1 is 1.50 bits per heavy atom. The van der Waals surface area contributed by atoms with E-state index in [1.54, 1.807) is 23.1 Å². The Kier molecular flexibility index (Phi) is 5.39. The van der Waals surface area contributed by atoms with Gasteiger partial charge in [0.25, 0.3) is 0 Å². The maximum absolute atomic E-state index is 12.1. The fraction of sp³-hybridized carbons (Fsp3) is 0.600. The molecule has 1 N–H and O–H groups in total. The van der Waals surface area contributed by atoms with E-state index < -0.39 is 11.7 Å². The van der Waals surface area contributed by atoms with Crippen molar-refractivity contribution in [2.24, 2.45) is 0 Å². The number of nitrogens with one attached hydrogen (secondary N) is 1. The van der Waals surface area contributed by atoms with E-state index in [4.69, 9.17) is 4.74 Å². The molecule has 5 nitrogen and oxygen atoms in total. The summed E-state index contributed by atoms with van der Waals surface area (Å²) in [5, 5.41) is 4.82. The van der Waals surface area contributed by atoms with Gasteiger partial charge in [-0.05, 0) is 44.7 Å². The lowest BCUT2D eigenvalue weighted by atomic mass is 10.2. The zero-order valence-electron chi connectivity index (χ0n) is 13.3. The van der Waals surface area contributed by atoms with E-state index in [2.05, 4.69) is 18.3 Å². The first-order valence-electron chi connectivity index (χ1n) is 7.20. The van der Waals surface area contributed by atoms with Crippen molar-refractivity contribution in [1.82, 2.24) is 10.2 Å². The first-order chi connectivity index (χ1) is 10.3. The number of carbonyl (C=O) groups excluding carboxylic acids is 2. The van der Waals surface area contributed by atoms with E-state index in [9.17, 15) is 9.59 Å². The zero-order valence-corrected chi connectivity index (χ0v) is 15.0. The summed E-state index contributed by atoms with van der Waals surface area (Å²) in [5.41, 5.74) is 0.697. The van der Waals surface area contributed by atoms with Crippen LogP contribution in [0.4, 0.5) is 4.79 Å². The smallest absolute Gasteiger partial charge is 0.407 e. The molecule has 0 saturated carbocycles. The standard InChI is InChI=1S/C15H22N2O3S2/c1-10-5-8-21-12(10)13-17(11(18)9-22-13)7-6-16-14(19)20-15(2,3)4/h5,8,13H,6-7,9H2,1-4H3,(H,16,19). The van der Waals surface area contributed by atoms with Crippen LogP contribution < -0.4 is 5.32 Å². The number of hydrogen-bond acceptors (Lipinski definition) is 5. The van der Waals surface area contributed by atoms with E-state index in [0.717, 1.165) is 0 Å². The molecule has 1 aliphatic heterocycles. The molecule has 2 amide bonds. The third-order valence-electron chi connectivity index (χ3n) is 3.12. The topological polar surface area (TPSA) is 58.6 Å². The first kappa shape index (κ1) is 17.1. The van der Waals surface area contributed by atoms with Crippen LogP contribution in [0.3, 0.4) is 0 Å². The fourth-order valence-corrected chi connectivity index (χ4v) is 4.64. The molecule has 2 heterocycles. The van der Waals surface area contributed by atoms with Gasteiger partial charge in [-0.3, -0.25) is 4.79 Å². The largest absolute Gasteiger partial charge is 0.444 e. The van der Waals surface area contributed by atoms with Gasteiger partial charge in [0.1, 0.15) is 11.0 Å². The van der Waals surface area contributed by atoms with Crippen molar-refractivity contribution in [2.75, 3.05) is 18.8 Å². The molecule has 2 rings (SSSR count). The van der Waals surface area contributed by atoms with Gasteiger partial charge in [0.15, 0.2) is 0 Å². The normalized spacial score (nSPS) is 18.6. The van der Waals surface area contributed by atoms with Crippen LogP contribution in [0.25, 0.3) is 0 Å². The summed E-state index contributed by atoms with van der Waals surface area (Å²) < 4.78 is 5.19. The minimum absolute atomic E-state index is 0.0629. The Morgan fingerprint density at radius 2 is 2.23 bits per heavy atom. The molecule has 0 radical (unpaired) electrons. The SMILES string of the molecule is Cc1ccsc1C1SCC(=O)N1CCNC(=O)OC(C)(C)C. The number of aryl methyl sites for hydroxylation is 1. The molecule has 0 aromatic carbocycles. The fourth-order valence-electron chi connectivity index (χ4n) is 2.14. The van der Waals surface area contributed by atoms with Crippen LogP contribution in [0, 0.1) is 6.92 Å². The highest BCUT2D eigenvalue weighted by Gasteiger charge is 2.34. The van der Waals surface area contributed by atoms with Crippen LogP contribution in [0.2, 0.25) is 0 Å². The number of amides is 2. The summed E-state index contributed by atoms with van der Waals surface area (Å²) in [5.74, 6) is 0.614. The summed E-state index contributed by atoms with van der Waals surface area (Å²) >= 11 is 3.32. The van der Waals surface area contributed by atoms with Crippen LogP contribution in [-0.2, 0) is 9.53 Å². The van der Waals surface area contributed by atoms with Gasteiger partial charge in [-0.2, -0.15) is 0 Å². The predicted molar refractivity (Wildman–Crippen MR) is 90.2 cm³/mol. The van der Waals surface area contributed by atoms with Crippen molar-refractivity contribution < 1.29 is 14.3 Å². The predicted octanol–water partition coefficient (Wildman–Crippen LogP) is 3.16. The minimum atomic E-state index is -0.514.